The molecule has 1 aliphatic heterocycles. The Balaban J connectivity index is 1.62. The first-order chi connectivity index (χ1) is 11.0. The number of rotatable bonds is 7. The quantitative estimate of drug-likeness (QED) is 0.708. The van der Waals surface area contributed by atoms with Gasteiger partial charge in [0.1, 0.15) is 0 Å². The van der Waals surface area contributed by atoms with E-state index >= 15 is 0 Å². The van der Waals surface area contributed by atoms with Crippen LogP contribution in [0.4, 0.5) is 0 Å². The lowest BCUT2D eigenvalue weighted by Crippen LogP contribution is -2.41. The number of carbonyl (C=O) groups excluding carboxylic acids is 1. The van der Waals surface area contributed by atoms with Gasteiger partial charge in [-0.05, 0) is 56.0 Å². The summed E-state index contributed by atoms with van der Waals surface area (Å²) in [7, 11) is 0. The molecule has 2 rings (SSSR count). The van der Waals surface area contributed by atoms with Crippen molar-refractivity contribution in [3.05, 3.63) is 0 Å². The average Bonchev–Trinajstić information content (AvgIpc) is 2.51. The maximum atomic E-state index is 12.3. The van der Waals surface area contributed by atoms with Crippen LogP contribution in [0.3, 0.4) is 0 Å². The molecule has 1 saturated carbocycles. The van der Waals surface area contributed by atoms with Crippen LogP contribution in [-0.4, -0.2) is 43.5 Å². The minimum Gasteiger partial charge on any atom is -0.356 e. The summed E-state index contributed by atoms with van der Waals surface area (Å²) in [6, 6.07) is 0. The minimum atomic E-state index is 0.0834. The molecule has 0 aromatic carbocycles. The predicted octanol–water partition coefficient (Wildman–Crippen LogP) is 2.77. The van der Waals surface area contributed by atoms with Crippen LogP contribution in [-0.2, 0) is 4.79 Å². The summed E-state index contributed by atoms with van der Waals surface area (Å²) in [4.78, 5) is 14.8. The van der Waals surface area contributed by atoms with Crippen molar-refractivity contribution in [2.45, 2.75) is 65.2 Å². The molecule has 2 aliphatic rings. The molecule has 134 valence electrons. The molecular formula is C19H37N3O. The largest absolute Gasteiger partial charge is 0.356 e. The molecule has 1 saturated heterocycles. The molecule has 0 spiro atoms. The summed E-state index contributed by atoms with van der Waals surface area (Å²) in [6.07, 6.45) is 9.05. The van der Waals surface area contributed by atoms with Gasteiger partial charge in [-0.25, -0.2) is 0 Å². The van der Waals surface area contributed by atoms with E-state index in [4.69, 9.17) is 5.73 Å². The van der Waals surface area contributed by atoms with Gasteiger partial charge < -0.3 is 16.0 Å². The first-order valence-corrected chi connectivity index (χ1v) is 9.72. The molecule has 4 heteroatoms. The van der Waals surface area contributed by atoms with Crippen LogP contribution in [0.1, 0.15) is 65.2 Å². The van der Waals surface area contributed by atoms with Crippen LogP contribution in [0.2, 0.25) is 0 Å². The predicted molar refractivity (Wildman–Crippen MR) is 96.2 cm³/mol. The maximum absolute atomic E-state index is 12.3. The van der Waals surface area contributed by atoms with Crippen molar-refractivity contribution in [2.24, 2.45) is 23.0 Å². The van der Waals surface area contributed by atoms with E-state index in [2.05, 4.69) is 24.1 Å². The van der Waals surface area contributed by atoms with Crippen molar-refractivity contribution in [3.63, 3.8) is 0 Å². The Hall–Kier alpha value is -0.610. The first kappa shape index (κ1) is 18.7. The third-order valence-electron chi connectivity index (χ3n) is 5.80. The van der Waals surface area contributed by atoms with Gasteiger partial charge in [0.15, 0.2) is 0 Å². The monoisotopic (exact) mass is 323 g/mol. The van der Waals surface area contributed by atoms with Crippen molar-refractivity contribution in [1.29, 1.82) is 0 Å². The average molecular weight is 324 g/mol. The number of likely N-dealkylation sites (tertiary alicyclic amines) is 1. The fourth-order valence-corrected chi connectivity index (χ4v) is 4.66. The molecule has 4 nitrogen and oxygen atoms in total. The Morgan fingerprint density at radius 3 is 2.43 bits per heavy atom. The SMILES string of the molecule is CC1CC(C)CN(CCCNC(=O)CC2(CN)CCCCC2)C1. The first-order valence-electron chi connectivity index (χ1n) is 9.72. The third-order valence-corrected chi connectivity index (χ3v) is 5.80. The summed E-state index contributed by atoms with van der Waals surface area (Å²) >= 11 is 0. The number of hydrogen-bond acceptors (Lipinski definition) is 3. The number of nitrogens with one attached hydrogen (secondary N) is 1. The number of nitrogens with zero attached hydrogens (tertiary/aromatic N) is 1. The molecule has 2 atom stereocenters. The molecule has 2 unspecified atom stereocenters. The molecule has 0 aromatic heterocycles. The van der Waals surface area contributed by atoms with Gasteiger partial charge in [0.25, 0.3) is 0 Å². The van der Waals surface area contributed by atoms with Crippen LogP contribution in [0.15, 0.2) is 0 Å². The summed E-state index contributed by atoms with van der Waals surface area (Å²) < 4.78 is 0. The van der Waals surface area contributed by atoms with Gasteiger partial charge in [-0.1, -0.05) is 33.1 Å². The molecule has 1 aliphatic carbocycles. The lowest BCUT2D eigenvalue weighted by molar-refractivity contribution is -0.123. The molecule has 1 amide bonds. The van der Waals surface area contributed by atoms with E-state index in [0.29, 0.717) is 13.0 Å². The normalized spacial score (nSPS) is 28.5. The molecule has 0 radical (unpaired) electrons. The Labute approximate surface area is 142 Å². The number of piperidine rings is 1. The van der Waals surface area contributed by atoms with Crippen LogP contribution in [0.5, 0.6) is 0 Å². The summed E-state index contributed by atoms with van der Waals surface area (Å²) in [5, 5.41) is 3.13. The van der Waals surface area contributed by atoms with Crippen LogP contribution >= 0.6 is 0 Å². The summed E-state index contributed by atoms with van der Waals surface area (Å²) in [5.41, 5.74) is 6.06. The number of amides is 1. The van der Waals surface area contributed by atoms with Gasteiger partial charge in [0.05, 0.1) is 0 Å². The summed E-state index contributed by atoms with van der Waals surface area (Å²) in [6.45, 7) is 9.70. The zero-order valence-electron chi connectivity index (χ0n) is 15.3. The van der Waals surface area contributed by atoms with Gasteiger partial charge in [0, 0.05) is 26.1 Å². The second-order valence-corrected chi connectivity index (χ2v) is 8.35. The molecule has 2 fully saturated rings. The van der Waals surface area contributed by atoms with Gasteiger partial charge in [-0.2, -0.15) is 0 Å². The smallest absolute Gasteiger partial charge is 0.220 e. The van der Waals surface area contributed by atoms with Gasteiger partial charge >= 0.3 is 0 Å². The molecule has 1 heterocycles. The molecule has 0 bridgehead atoms. The zero-order valence-corrected chi connectivity index (χ0v) is 15.3. The number of carbonyl (C=O) groups is 1. The van der Waals surface area contributed by atoms with Crippen molar-refractivity contribution in [2.75, 3.05) is 32.7 Å². The highest BCUT2D eigenvalue weighted by molar-refractivity contribution is 5.76. The van der Waals surface area contributed by atoms with E-state index < -0.39 is 0 Å². The fourth-order valence-electron chi connectivity index (χ4n) is 4.66. The molecule has 23 heavy (non-hydrogen) atoms. The van der Waals surface area contributed by atoms with E-state index in [1.165, 1.54) is 38.8 Å². The highest BCUT2D eigenvalue weighted by Gasteiger charge is 2.32. The summed E-state index contributed by atoms with van der Waals surface area (Å²) in [5.74, 6) is 1.82. The van der Waals surface area contributed by atoms with E-state index in [1.54, 1.807) is 0 Å². The Morgan fingerprint density at radius 2 is 1.83 bits per heavy atom. The lowest BCUT2D eigenvalue weighted by Gasteiger charge is -2.36. The topological polar surface area (TPSA) is 58.4 Å². The van der Waals surface area contributed by atoms with E-state index in [-0.39, 0.29) is 11.3 Å². The standard InChI is InChI=1S/C19H37N3O/c1-16-11-17(2)14-22(13-16)10-6-9-21-18(23)12-19(15-20)7-4-3-5-8-19/h16-17H,3-15,20H2,1-2H3,(H,21,23). The second kappa shape index (κ2) is 9.03. The highest BCUT2D eigenvalue weighted by atomic mass is 16.1. The van der Waals surface area contributed by atoms with E-state index in [1.807, 2.05) is 0 Å². The zero-order chi connectivity index (χ0) is 16.7. The molecule has 0 aromatic rings. The minimum absolute atomic E-state index is 0.0834. The molecule has 3 N–H and O–H groups in total. The fraction of sp³-hybridized carbons (Fsp3) is 0.947. The van der Waals surface area contributed by atoms with Crippen molar-refractivity contribution < 1.29 is 4.79 Å². The van der Waals surface area contributed by atoms with Crippen molar-refractivity contribution in [3.8, 4) is 0 Å². The van der Waals surface area contributed by atoms with Gasteiger partial charge in [-0.3, -0.25) is 4.79 Å². The third kappa shape index (κ3) is 6.07. The highest BCUT2D eigenvalue weighted by Crippen LogP contribution is 2.38. The van der Waals surface area contributed by atoms with E-state index in [9.17, 15) is 4.79 Å². The molecular weight excluding hydrogens is 286 g/mol. The Bertz CT molecular complexity index is 356. The van der Waals surface area contributed by atoms with E-state index in [0.717, 1.165) is 44.2 Å². The Morgan fingerprint density at radius 1 is 1.17 bits per heavy atom. The maximum Gasteiger partial charge on any atom is 0.220 e. The van der Waals surface area contributed by atoms with Crippen LogP contribution < -0.4 is 11.1 Å². The van der Waals surface area contributed by atoms with Gasteiger partial charge in [0.2, 0.25) is 5.91 Å². The second-order valence-electron chi connectivity index (χ2n) is 8.35. The van der Waals surface area contributed by atoms with Crippen molar-refractivity contribution in [1.82, 2.24) is 10.2 Å². The number of hydrogen-bond donors (Lipinski definition) is 2. The van der Waals surface area contributed by atoms with Gasteiger partial charge in [-0.15, -0.1) is 0 Å². The van der Waals surface area contributed by atoms with Crippen molar-refractivity contribution >= 4 is 5.91 Å². The number of nitrogens with two attached hydrogens (primary N) is 1. The lowest BCUT2D eigenvalue weighted by atomic mass is 9.71. The Kier molecular flexibility index (Phi) is 7.35. The van der Waals surface area contributed by atoms with Crippen LogP contribution in [0.25, 0.3) is 0 Å². The van der Waals surface area contributed by atoms with Crippen LogP contribution in [0, 0.1) is 17.3 Å².